The zero-order valence-corrected chi connectivity index (χ0v) is 12.5. The lowest BCUT2D eigenvalue weighted by Crippen LogP contribution is -2.22. The Morgan fingerprint density at radius 2 is 2.19 bits per heavy atom. The van der Waals surface area contributed by atoms with Crippen LogP contribution >= 0.6 is 11.3 Å². The van der Waals surface area contributed by atoms with Crippen LogP contribution in [0, 0.1) is 0 Å². The molecule has 3 aromatic rings. The second-order valence-electron chi connectivity index (χ2n) is 4.25. The number of nitrogens with zero attached hydrogens (tertiary/aromatic N) is 3. The molecular formula is C13H12N4O2S2. The first kappa shape index (κ1) is 13.9. The van der Waals surface area contributed by atoms with Crippen LogP contribution in [0.5, 0.6) is 0 Å². The largest absolute Gasteiger partial charge is 0.291 e. The summed E-state index contributed by atoms with van der Waals surface area (Å²) in [6.07, 6.45) is 6.72. The Kier molecular flexibility index (Phi) is 3.82. The second-order valence-corrected chi connectivity index (χ2v) is 7.19. The van der Waals surface area contributed by atoms with Gasteiger partial charge in [-0.3, -0.25) is 4.57 Å². The van der Waals surface area contributed by atoms with E-state index in [-0.39, 0.29) is 6.54 Å². The smallest absolute Gasteiger partial charge is 0.250 e. The Morgan fingerprint density at radius 1 is 1.29 bits per heavy atom. The van der Waals surface area contributed by atoms with Crippen LogP contribution < -0.4 is 4.72 Å². The maximum absolute atomic E-state index is 12.0. The third-order valence-electron chi connectivity index (χ3n) is 2.81. The van der Waals surface area contributed by atoms with Gasteiger partial charge in [0.2, 0.25) is 10.0 Å². The summed E-state index contributed by atoms with van der Waals surface area (Å²) in [5.74, 6) is 0.695. The van der Waals surface area contributed by atoms with E-state index in [1.54, 1.807) is 53.1 Å². The van der Waals surface area contributed by atoms with Crippen LogP contribution in [-0.2, 0) is 16.6 Å². The lowest BCUT2D eigenvalue weighted by molar-refractivity contribution is 0.583. The maximum Gasteiger partial charge on any atom is 0.250 e. The normalized spacial score (nSPS) is 11.6. The van der Waals surface area contributed by atoms with Gasteiger partial charge in [0, 0.05) is 25.1 Å². The summed E-state index contributed by atoms with van der Waals surface area (Å²) in [4.78, 5) is 8.18. The van der Waals surface area contributed by atoms with Crippen molar-refractivity contribution in [2.24, 2.45) is 0 Å². The van der Waals surface area contributed by atoms with Crippen LogP contribution in [0.4, 0.5) is 0 Å². The topological polar surface area (TPSA) is 76.9 Å². The average Bonchev–Trinajstić information content (AvgIpc) is 3.18. The Labute approximate surface area is 126 Å². The first-order chi connectivity index (χ1) is 10.1. The maximum atomic E-state index is 12.0. The van der Waals surface area contributed by atoms with E-state index < -0.39 is 10.0 Å². The van der Waals surface area contributed by atoms with E-state index in [0.717, 1.165) is 5.56 Å². The molecule has 0 unspecified atom stereocenters. The molecule has 6 nitrogen and oxygen atoms in total. The van der Waals surface area contributed by atoms with Crippen molar-refractivity contribution in [2.75, 3.05) is 0 Å². The fraction of sp³-hybridized carbons (Fsp3) is 0.0769. The highest BCUT2D eigenvalue weighted by Gasteiger charge is 2.14. The van der Waals surface area contributed by atoms with Crippen molar-refractivity contribution < 1.29 is 8.42 Å². The number of sulfonamides is 1. The minimum Gasteiger partial charge on any atom is -0.291 e. The lowest BCUT2D eigenvalue weighted by Gasteiger charge is -2.07. The highest BCUT2D eigenvalue weighted by atomic mass is 32.2. The minimum absolute atomic E-state index is 0.213. The van der Waals surface area contributed by atoms with Crippen molar-refractivity contribution in [1.82, 2.24) is 19.3 Å². The van der Waals surface area contributed by atoms with E-state index >= 15 is 0 Å². The molecule has 0 aliphatic rings. The monoisotopic (exact) mass is 320 g/mol. The molecule has 0 atom stereocenters. The summed E-state index contributed by atoms with van der Waals surface area (Å²) in [6, 6.07) is 6.88. The molecule has 1 N–H and O–H groups in total. The molecule has 0 saturated carbocycles. The number of hydrogen-bond acceptors (Lipinski definition) is 5. The lowest BCUT2D eigenvalue weighted by atomic mass is 10.2. The average molecular weight is 320 g/mol. The predicted octanol–water partition coefficient (Wildman–Crippen LogP) is 1.81. The molecule has 0 amide bonds. The van der Waals surface area contributed by atoms with E-state index in [2.05, 4.69) is 14.7 Å². The Morgan fingerprint density at radius 3 is 2.90 bits per heavy atom. The molecule has 0 aliphatic heterocycles. The zero-order valence-electron chi connectivity index (χ0n) is 10.9. The van der Waals surface area contributed by atoms with Crippen LogP contribution in [0.25, 0.3) is 5.82 Å². The third kappa shape index (κ3) is 3.18. The summed E-state index contributed by atoms with van der Waals surface area (Å²) in [6.45, 7) is 0.213. The number of pyridine rings is 1. The molecule has 0 aromatic carbocycles. The molecule has 0 fully saturated rings. The molecule has 21 heavy (non-hydrogen) atoms. The first-order valence-corrected chi connectivity index (χ1v) is 8.48. The second kappa shape index (κ2) is 5.76. The summed E-state index contributed by atoms with van der Waals surface area (Å²) in [7, 11) is -3.45. The van der Waals surface area contributed by atoms with Crippen molar-refractivity contribution in [3.8, 4) is 5.82 Å². The van der Waals surface area contributed by atoms with Gasteiger partial charge in [-0.2, -0.15) is 0 Å². The Balaban J connectivity index is 1.76. The zero-order chi connectivity index (χ0) is 14.7. The van der Waals surface area contributed by atoms with E-state index in [1.807, 2.05) is 6.07 Å². The minimum atomic E-state index is -3.45. The van der Waals surface area contributed by atoms with E-state index in [0.29, 0.717) is 10.0 Å². The molecule has 8 heteroatoms. The molecule has 0 bridgehead atoms. The SMILES string of the molecule is O=S(=O)(NCc1ccnc(-n2ccnc2)c1)c1cccs1. The van der Waals surface area contributed by atoms with Gasteiger partial charge in [-0.05, 0) is 29.1 Å². The molecule has 0 aliphatic carbocycles. The fourth-order valence-electron chi connectivity index (χ4n) is 1.77. The molecule has 3 heterocycles. The predicted molar refractivity (Wildman–Crippen MR) is 79.7 cm³/mol. The fourth-order valence-corrected chi connectivity index (χ4v) is 3.83. The molecule has 108 valence electrons. The Bertz CT molecular complexity index is 812. The summed E-state index contributed by atoms with van der Waals surface area (Å²) >= 11 is 1.19. The molecule has 3 aromatic heterocycles. The van der Waals surface area contributed by atoms with Gasteiger partial charge in [0.25, 0.3) is 0 Å². The van der Waals surface area contributed by atoms with Gasteiger partial charge < -0.3 is 0 Å². The summed E-state index contributed by atoms with van der Waals surface area (Å²) in [5, 5.41) is 1.73. The highest BCUT2D eigenvalue weighted by Crippen LogP contribution is 2.16. The van der Waals surface area contributed by atoms with Gasteiger partial charge >= 0.3 is 0 Å². The number of aromatic nitrogens is 3. The summed E-state index contributed by atoms with van der Waals surface area (Å²) in [5.41, 5.74) is 0.828. The van der Waals surface area contributed by atoms with Crippen LogP contribution in [0.2, 0.25) is 0 Å². The van der Waals surface area contributed by atoms with E-state index in [1.165, 1.54) is 11.3 Å². The van der Waals surface area contributed by atoms with Crippen molar-refractivity contribution >= 4 is 21.4 Å². The van der Waals surface area contributed by atoms with Gasteiger partial charge in [0.15, 0.2) is 0 Å². The first-order valence-electron chi connectivity index (χ1n) is 6.11. The van der Waals surface area contributed by atoms with Crippen LogP contribution in [0.15, 0.2) is 58.8 Å². The standard InChI is InChI=1S/C13H12N4O2S2/c18-21(19,13-2-1-7-20-13)16-9-11-3-4-15-12(8-11)17-6-5-14-10-17/h1-8,10,16H,9H2. The van der Waals surface area contributed by atoms with Crippen molar-refractivity contribution in [3.63, 3.8) is 0 Å². The molecule has 3 rings (SSSR count). The summed E-state index contributed by atoms with van der Waals surface area (Å²) < 4.78 is 28.8. The number of hydrogen-bond donors (Lipinski definition) is 1. The van der Waals surface area contributed by atoms with Gasteiger partial charge in [-0.25, -0.2) is 23.1 Å². The third-order valence-corrected chi connectivity index (χ3v) is 5.60. The van der Waals surface area contributed by atoms with Crippen molar-refractivity contribution in [1.29, 1.82) is 0 Å². The van der Waals surface area contributed by atoms with E-state index in [4.69, 9.17) is 0 Å². The van der Waals surface area contributed by atoms with Gasteiger partial charge in [-0.15, -0.1) is 11.3 Å². The van der Waals surface area contributed by atoms with Crippen molar-refractivity contribution in [2.45, 2.75) is 10.8 Å². The number of thiophene rings is 1. The quantitative estimate of drug-likeness (QED) is 0.778. The van der Waals surface area contributed by atoms with E-state index in [9.17, 15) is 8.42 Å². The highest BCUT2D eigenvalue weighted by molar-refractivity contribution is 7.91. The number of imidazole rings is 1. The Hall–Kier alpha value is -2.03. The van der Waals surface area contributed by atoms with Crippen molar-refractivity contribution in [3.05, 3.63) is 60.1 Å². The van der Waals surface area contributed by atoms with Crippen LogP contribution in [-0.4, -0.2) is 23.0 Å². The van der Waals surface area contributed by atoms with Gasteiger partial charge in [0.05, 0.1) is 0 Å². The van der Waals surface area contributed by atoms with Crippen LogP contribution in [0.1, 0.15) is 5.56 Å². The molecule has 0 saturated heterocycles. The number of rotatable bonds is 5. The van der Waals surface area contributed by atoms with Gasteiger partial charge in [0.1, 0.15) is 16.4 Å². The number of nitrogens with one attached hydrogen (secondary N) is 1. The molecule has 0 spiro atoms. The van der Waals surface area contributed by atoms with Crippen LogP contribution in [0.3, 0.4) is 0 Å². The molecular weight excluding hydrogens is 308 g/mol. The van der Waals surface area contributed by atoms with Gasteiger partial charge in [-0.1, -0.05) is 6.07 Å². The molecule has 0 radical (unpaired) electrons.